The Morgan fingerprint density at radius 2 is 1.96 bits per heavy atom. The van der Waals surface area contributed by atoms with E-state index in [0.717, 1.165) is 10.5 Å². The summed E-state index contributed by atoms with van der Waals surface area (Å²) in [6.07, 6.45) is 4.89. The third-order valence-electron chi connectivity index (χ3n) is 3.35. The van der Waals surface area contributed by atoms with Crippen LogP contribution in [0, 0.1) is 11.3 Å². The number of rotatable bonds is 6. The number of ether oxygens (including phenoxy) is 1. The summed E-state index contributed by atoms with van der Waals surface area (Å²) >= 11 is 1.64. The van der Waals surface area contributed by atoms with E-state index in [1.54, 1.807) is 31.7 Å². The Kier molecular flexibility index (Phi) is 6.86. The summed E-state index contributed by atoms with van der Waals surface area (Å²) in [4.78, 5) is 25.9. The number of thioether (sulfide) groups is 1. The fraction of sp³-hybridized carbons (Fsp3) is 0.353. The van der Waals surface area contributed by atoms with Gasteiger partial charge in [-0.05, 0) is 43.9 Å². The van der Waals surface area contributed by atoms with Gasteiger partial charge in [-0.15, -0.1) is 11.8 Å². The lowest BCUT2D eigenvalue weighted by atomic mass is 10.1. The highest BCUT2D eigenvalue weighted by molar-refractivity contribution is 7.98. The molecule has 0 aromatic heterocycles. The average Bonchev–Trinajstić information content (AvgIpc) is 2.57. The first-order valence-corrected chi connectivity index (χ1v) is 8.19. The minimum Gasteiger partial charge on any atom is -0.452 e. The van der Waals surface area contributed by atoms with Crippen LogP contribution in [0.25, 0.3) is 6.08 Å². The van der Waals surface area contributed by atoms with Gasteiger partial charge in [-0.25, -0.2) is 4.79 Å². The molecule has 6 heteroatoms. The van der Waals surface area contributed by atoms with Gasteiger partial charge in [-0.1, -0.05) is 12.1 Å². The number of nitriles is 1. The van der Waals surface area contributed by atoms with Gasteiger partial charge in [0, 0.05) is 18.0 Å². The lowest BCUT2D eigenvalue weighted by Gasteiger charge is -2.28. The zero-order chi connectivity index (χ0) is 17.5. The molecule has 0 unspecified atom stereocenters. The van der Waals surface area contributed by atoms with Crippen LogP contribution >= 0.6 is 11.8 Å². The number of hydrogen-bond donors (Lipinski definition) is 0. The quantitative estimate of drug-likeness (QED) is 0.455. The van der Waals surface area contributed by atoms with Crippen molar-refractivity contribution in [3.63, 3.8) is 0 Å². The number of nitrogens with zero attached hydrogens (tertiary/aromatic N) is 2. The summed E-state index contributed by atoms with van der Waals surface area (Å²) in [5.41, 5.74) is -0.0768. The maximum absolute atomic E-state index is 11.9. The van der Waals surface area contributed by atoms with Crippen LogP contribution in [-0.2, 0) is 14.3 Å². The van der Waals surface area contributed by atoms with Crippen molar-refractivity contribution in [3.8, 4) is 6.07 Å². The molecule has 1 amide bonds. The normalized spacial score (nSPS) is 11.1. The Morgan fingerprint density at radius 3 is 2.48 bits per heavy atom. The van der Waals surface area contributed by atoms with Crippen LogP contribution in [0.3, 0.4) is 0 Å². The molecule has 0 saturated heterocycles. The lowest BCUT2D eigenvalue weighted by molar-refractivity contribution is -0.149. The van der Waals surface area contributed by atoms with E-state index in [2.05, 4.69) is 0 Å². The number of hydrogen-bond acceptors (Lipinski definition) is 5. The fourth-order valence-corrected chi connectivity index (χ4v) is 1.95. The van der Waals surface area contributed by atoms with Gasteiger partial charge < -0.3 is 9.64 Å². The molecule has 5 nitrogen and oxygen atoms in total. The van der Waals surface area contributed by atoms with Crippen molar-refractivity contribution >= 4 is 29.7 Å². The molecular formula is C17H20N2O3S. The van der Waals surface area contributed by atoms with E-state index in [1.807, 2.05) is 36.6 Å². The van der Waals surface area contributed by atoms with Crippen LogP contribution in [0.4, 0.5) is 0 Å². The molecule has 1 rings (SSSR count). The number of esters is 1. The van der Waals surface area contributed by atoms with Gasteiger partial charge >= 0.3 is 5.97 Å². The van der Waals surface area contributed by atoms with E-state index < -0.39 is 24.0 Å². The monoisotopic (exact) mass is 332 g/mol. The number of carbonyl (C=O) groups is 2. The second-order valence-corrected chi connectivity index (χ2v) is 6.22. The van der Waals surface area contributed by atoms with Crippen molar-refractivity contribution < 1.29 is 14.3 Å². The minimum absolute atomic E-state index is 0.393. The van der Waals surface area contributed by atoms with Crippen molar-refractivity contribution in [2.24, 2.45) is 0 Å². The zero-order valence-corrected chi connectivity index (χ0v) is 14.5. The third kappa shape index (κ3) is 5.80. The predicted molar refractivity (Wildman–Crippen MR) is 90.7 cm³/mol. The highest BCUT2D eigenvalue weighted by atomic mass is 32.2. The Bertz CT molecular complexity index is 630. The van der Waals surface area contributed by atoms with Crippen LogP contribution in [0.2, 0.25) is 0 Å². The first-order chi connectivity index (χ1) is 10.8. The molecule has 1 aromatic carbocycles. The second kappa shape index (κ2) is 8.39. The van der Waals surface area contributed by atoms with Crippen LogP contribution in [0.15, 0.2) is 35.2 Å². The smallest absolute Gasteiger partial charge is 0.331 e. The number of likely N-dealkylation sites (N-methyl/N-ethyl adjacent to an activating group) is 1. The SMILES string of the molecule is CSc1ccc(/C=C/C(=O)OCC(=O)N(C)C(C)(C)C#N)cc1. The largest absolute Gasteiger partial charge is 0.452 e. The van der Waals surface area contributed by atoms with Gasteiger partial charge in [0.05, 0.1) is 6.07 Å². The summed E-state index contributed by atoms with van der Waals surface area (Å²) in [5, 5.41) is 8.97. The molecule has 0 atom stereocenters. The Hall–Kier alpha value is -2.26. The van der Waals surface area contributed by atoms with Crippen molar-refractivity contribution in [2.75, 3.05) is 19.9 Å². The molecule has 0 aliphatic carbocycles. The molecule has 0 N–H and O–H groups in total. The Morgan fingerprint density at radius 1 is 1.35 bits per heavy atom. The zero-order valence-electron chi connectivity index (χ0n) is 13.7. The highest BCUT2D eigenvalue weighted by Crippen LogP contribution is 2.15. The molecule has 0 aliphatic rings. The minimum atomic E-state index is -0.946. The number of carbonyl (C=O) groups excluding carboxylic acids is 2. The second-order valence-electron chi connectivity index (χ2n) is 5.34. The highest BCUT2D eigenvalue weighted by Gasteiger charge is 2.27. The Balaban J connectivity index is 2.52. The predicted octanol–water partition coefficient (Wildman–Crippen LogP) is 2.73. The maximum atomic E-state index is 11.9. The molecule has 0 radical (unpaired) electrons. The molecule has 1 aromatic rings. The van der Waals surface area contributed by atoms with Gasteiger partial charge in [-0.3, -0.25) is 4.79 Å². The van der Waals surface area contributed by atoms with E-state index in [9.17, 15) is 9.59 Å². The molecule has 0 fully saturated rings. The van der Waals surface area contributed by atoms with Crippen LogP contribution in [-0.4, -0.2) is 42.2 Å². The first kappa shape index (κ1) is 18.8. The summed E-state index contributed by atoms with van der Waals surface area (Å²) in [7, 11) is 1.50. The third-order valence-corrected chi connectivity index (χ3v) is 4.10. The van der Waals surface area contributed by atoms with Crippen LogP contribution in [0.5, 0.6) is 0 Å². The number of benzene rings is 1. The van der Waals surface area contributed by atoms with Crippen LogP contribution in [0.1, 0.15) is 19.4 Å². The van der Waals surface area contributed by atoms with Gasteiger partial charge in [0.1, 0.15) is 5.54 Å². The topological polar surface area (TPSA) is 70.4 Å². The summed E-state index contributed by atoms with van der Waals surface area (Å²) in [6, 6.07) is 9.71. The van der Waals surface area contributed by atoms with Gasteiger partial charge in [0.2, 0.25) is 0 Å². The molecule has 0 bridgehead atoms. The molecule has 0 saturated carbocycles. The summed E-state index contributed by atoms with van der Waals surface area (Å²) < 4.78 is 4.90. The fourth-order valence-electron chi connectivity index (χ4n) is 1.54. The summed E-state index contributed by atoms with van der Waals surface area (Å²) in [5.74, 6) is -1.03. The van der Waals surface area contributed by atoms with E-state index in [-0.39, 0.29) is 0 Å². The lowest BCUT2D eigenvalue weighted by Crippen LogP contribution is -2.45. The standard InChI is InChI=1S/C17H20N2O3S/c1-17(2,12-18)19(3)15(20)11-22-16(21)10-7-13-5-8-14(23-4)9-6-13/h5-10H,11H2,1-4H3/b10-7+. The van der Waals surface area contributed by atoms with Crippen LogP contribution < -0.4 is 0 Å². The Labute approximate surface area is 140 Å². The number of amides is 1. The van der Waals surface area contributed by atoms with Crippen molar-refractivity contribution in [3.05, 3.63) is 35.9 Å². The average molecular weight is 332 g/mol. The maximum Gasteiger partial charge on any atom is 0.331 e. The van der Waals surface area contributed by atoms with E-state index in [4.69, 9.17) is 10.00 Å². The van der Waals surface area contributed by atoms with Gasteiger partial charge in [0.15, 0.2) is 6.61 Å². The molecular weight excluding hydrogens is 312 g/mol. The van der Waals surface area contributed by atoms with E-state index in [0.29, 0.717) is 0 Å². The van der Waals surface area contributed by atoms with Crippen molar-refractivity contribution in [2.45, 2.75) is 24.3 Å². The molecule has 0 spiro atoms. The van der Waals surface area contributed by atoms with Crippen molar-refractivity contribution in [1.29, 1.82) is 5.26 Å². The van der Waals surface area contributed by atoms with E-state index in [1.165, 1.54) is 18.0 Å². The summed E-state index contributed by atoms with van der Waals surface area (Å²) in [6.45, 7) is 2.84. The van der Waals surface area contributed by atoms with E-state index >= 15 is 0 Å². The first-order valence-electron chi connectivity index (χ1n) is 6.97. The van der Waals surface area contributed by atoms with Gasteiger partial charge in [0.25, 0.3) is 5.91 Å². The molecule has 0 heterocycles. The van der Waals surface area contributed by atoms with Crippen molar-refractivity contribution in [1.82, 2.24) is 4.90 Å². The van der Waals surface area contributed by atoms with Gasteiger partial charge in [-0.2, -0.15) is 5.26 Å². The molecule has 0 aliphatic heterocycles. The molecule has 122 valence electrons. The molecule has 23 heavy (non-hydrogen) atoms.